The summed E-state index contributed by atoms with van der Waals surface area (Å²) in [4.78, 5) is 9.70. The van der Waals surface area contributed by atoms with Gasteiger partial charge < -0.3 is 11.1 Å². The monoisotopic (exact) mass is 262 g/mol. The molecule has 5 heteroatoms. The van der Waals surface area contributed by atoms with Crippen LogP contribution in [0.4, 0.5) is 11.6 Å². The molecule has 0 aromatic carbocycles. The zero-order chi connectivity index (χ0) is 13.0. The van der Waals surface area contributed by atoms with Crippen molar-refractivity contribution < 1.29 is 0 Å². The second-order valence-corrected chi connectivity index (χ2v) is 5.46. The molecular formula is C13H18N4S. The number of anilines is 2. The number of nitrogens with one attached hydrogen (secondary N) is 1. The fraction of sp³-hybridized carbons (Fsp3) is 0.385. The first kappa shape index (κ1) is 12.8. The molecule has 2 aromatic heterocycles. The molecule has 4 nitrogen and oxygen atoms in total. The van der Waals surface area contributed by atoms with E-state index < -0.39 is 0 Å². The van der Waals surface area contributed by atoms with Crippen LogP contribution in [-0.2, 0) is 6.42 Å². The third kappa shape index (κ3) is 2.98. The van der Waals surface area contributed by atoms with Crippen LogP contribution < -0.4 is 11.1 Å². The Bertz CT molecular complexity index is 494. The molecule has 2 aromatic rings. The highest BCUT2D eigenvalue weighted by molar-refractivity contribution is 7.09. The van der Waals surface area contributed by atoms with E-state index in [0.29, 0.717) is 11.7 Å². The minimum atomic E-state index is 0.315. The van der Waals surface area contributed by atoms with Crippen molar-refractivity contribution in [3.63, 3.8) is 0 Å². The molecule has 2 rings (SSSR count). The molecule has 3 N–H and O–H groups in total. The minimum absolute atomic E-state index is 0.315. The Morgan fingerprint density at radius 1 is 1.39 bits per heavy atom. The highest BCUT2D eigenvalue weighted by atomic mass is 32.1. The van der Waals surface area contributed by atoms with Gasteiger partial charge in [-0.3, -0.25) is 0 Å². The summed E-state index contributed by atoms with van der Waals surface area (Å²) < 4.78 is 0. The largest absolute Gasteiger partial charge is 0.383 e. The Balaban J connectivity index is 2.03. The maximum absolute atomic E-state index is 5.90. The maximum atomic E-state index is 5.90. The van der Waals surface area contributed by atoms with E-state index in [2.05, 4.69) is 46.6 Å². The number of hydrogen-bond donors (Lipinski definition) is 2. The number of rotatable bonds is 5. The van der Waals surface area contributed by atoms with Crippen LogP contribution in [0.25, 0.3) is 0 Å². The van der Waals surface area contributed by atoms with Gasteiger partial charge in [-0.15, -0.1) is 11.3 Å². The van der Waals surface area contributed by atoms with Crippen LogP contribution in [0, 0.1) is 0 Å². The minimum Gasteiger partial charge on any atom is -0.383 e. The lowest BCUT2D eigenvalue weighted by molar-refractivity contribution is 0.848. The van der Waals surface area contributed by atoms with Crippen LogP contribution in [-0.4, -0.2) is 16.5 Å². The summed E-state index contributed by atoms with van der Waals surface area (Å²) >= 11 is 1.77. The van der Waals surface area contributed by atoms with Gasteiger partial charge >= 0.3 is 0 Å². The van der Waals surface area contributed by atoms with Crippen LogP contribution in [0.1, 0.15) is 30.2 Å². The molecule has 18 heavy (non-hydrogen) atoms. The maximum Gasteiger partial charge on any atom is 0.134 e. The molecule has 0 saturated heterocycles. The zero-order valence-corrected chi connectivity index (χ0v) is 11.5. The van der Waals surface area contributed by atoms with Gasteiger partial charge in [-0.1, -0.05) is 19.9 Å². The average molecular weight is 262 g/mol. The number of aromatic nitrogens is 2. The van der Waals surface area contributed by atoms with Crippen molar-refractivity contribution in [2.75, 3.05) is 17.6 Å². The Kier molecular flexibility index (Phi) is 4.15. The number of nitrogen functional groups attached to an aromatic ring is 1. The van der Waals surface area contributed by atoms with E-state index in [-0.39, 0.29) is 0 Å². The van der Waals surface area contributed by atoms with Crippen molar-refractivity contribution >= 4 is 23.0 Å². The Hall–Kier alpha value is -1.62. The molecule has 0 aliphatic carbocycles. The van der Waals surface area contributed by atoms with E-state index in [1.54, 1.807) is 11.3 Å². The van der Waals surface area contributed by atoms with E-state index in [1.807, 2.05) is 0 Å². The van der Waals surface area contributed by atoms with E-state index in [9.17, 15) is 0 Å². The Morgan fingerprint density at radius 3 is 2.89 bits per heavy atom. The molecule has 0 unspecified atom stereocenters. The zero-order valence-electron chi connectivity index (χ0n) is 10.7. The molecule has 0 amide bonds. The van der Waals surface area contributed by atoms with Crippen molar-refractivity contribution in [3.05, 3.63) is 34.3 Å². The molecule has 0 atom stereocenters. The SMILES string of the molecule is CC(C)c1c(N)ncnc1NCCc1cccs1. The summed E-state index contributed by atoms with van der Waals surface area (Å²) in [6.07, 6.45) is 2.51. The van der Waals surface area contributed by atoms with Crippen molar-refractivity contribution in [1.29, 1.82) is 0 Å². The Labute approximate surface area is 111 Å². The third-order valence-corrected chi connectivity index (χ3v) is 3.67. The standard InChI is InChI=1S/C13H18N4S/c1-9(2)11-12(14)16-8-17-13(11)15-6-5-10-4-3-7-18-10/h3-4,7-9H,5-6H2,1-2H3,(H3,14,15,16,17). The summed E-state index contributed by atoms with van der Waals surface area (Å²) in [5.41, 5.74) is 6.90. The van der Waals surface area contributed by atoms with E-state index in [4.69, 9.17) is 5.73 Å². The predicted octanol–water partition coefficient (Wildman–Crippen LogP) is 2.90. The first-order chi connectivity index (χ1) is 8.68. The summed E-state index contributed by atoms with van der Waals surface area (Å²) in [7, 11) is 0. The van der Waals surface area contributed by atoms with Crippen molar-refractivity contribution in [1.82, 2.24) is 9.97 Å². The molecule has 0 bridgehead atoms. The van der Waals surface area contributed by atoms with Crippen LogP contribution in [0.15, 0.2) is 23.8 Å². The number of hydrogen-bond acceptors (Lipinski definition) is 5. The summed E-state index contributed by atoms with van der Waals surface area (Å²) in [6, 6.07) is 4.21. The summed E-state index contributed by atoms with van der Waals surface area (Å²) in [5.74, 6) is 1.74. The van der Waals surface area contributed by atoms with Gasteiger partial charge in [-0.2, -0.15) is 0 Å². The second kappa shape index (κ2) is 5.82. The van der Waals surface area contributed by atoms with Crippen LogP contribution >= 0.6 is 11.3 Å². The normalized spacial score (nSPS) is 10.8. The summed E-state index contributed by atoms with van der Waals surface area (Å²) in [5, 5.41) is 5.44. The Morgan fingerprint density at radius 2 is 2.22 bits per heavy atom. The van der Waals surface area contributed by atoms with Gasteiger partial charge in [-0.25, -0.2) is 9.97 Å². The number of nitrogens with zero attached hydrogens (tertiary/aromatic N) is 2. The lowest BCUT2D eigenvalue weighted by Crippen LogP contribution is -2.11. The molecule has 0 aliphatic heterocycles. The molecule has 0 aliphatic rings. The van der Waals surface area contributed by atoms with Crippen LogP contribution in [0.2, 0.25) is 0 Å². The molecule has 0 radical (unpaired) electrons. The quantitative estimate of drug-likeness (QED) is 0.869. The number of nitrogens with two attached hydrogens (primary N) is 1. The van der Waals surface area contributed by atoms with Gasteiger partial charge in [0.1, 0.15) is 18.0 Å². The van der Waals surface area contributed by atoms with Gasteiger partial charge in [0.05, 0.1) is 0 Å². The van der Waals surface area contributed by atoms with Gasteiger partial charge in [0, 0.05) is 17.0 Å². The highest BCUT2D eigenvalue weighted by Gasteiger charge is 2.12. The van der Waals surface area contributed by atoms with E-state index in [0.717, 1.165) is 24.3 Å². The van der Waals surface area contributed by atoms with Crippen LogP contribution in [0.3, 0.4) is 0 Å². The van der Waals surface area contributed by atoms with E-state index in [1.165, 1.54) is 11.2 Å². The van der Waals surface area contributed by atoms with Crippen molar-refractivity contribution in [2.24, 2.45) is 0 Å². The summed E-state index contributed by atoms with van der Waals surface area (Å²) in [6.45, 7) is 5.05. The lowest BCUT2D eigenvalue weighted by atomic mass is 10.0. The highest BCUT2D eigenvalue weighted by Crippen LogP contribution is 2.26. The average Bonchev–Trinajstić information content (AvgIpc) is 2.81. The van der Waals surface area contributed by atoms with Gasteiger partial charge in [0.25, 0.3) is 0 Å². The molecular weight excluding hydrogens is 244 g/mol. The molecule has 0 fully saturated rings. The van der Waals surface area contributed by atoms with Crippen molar-refractivity contribution in [2.45, 2.75) is 26.2 Å². The fourth-order valence-electron chi connectivity index (χ4n) is 1.88. The topological polar surface area (TPSA) is 63.8 Å². The second-order valence-electron chi connectivity index (χ2n) is 4.43. The van der Waals surface area contributed by atoms with Gasteiger partial charge in [-0.05, 0) is 23.8 Å². The van der Waals surface area contributed by atoms with E-state index >= 15 is 0 Å². The fourth-order valence-corrected chi connectivity index (χ4v) is 2.59. The molecule has 2 heterocycles. The predicted molar refractivity (Wildman–Crippen MR) is 77.0 cm³/mol. The first-order valence-corrected chi connectivity index (χ1v) is 6.93. The molecule has 96 valence electrons. The first-order valence-electron chi connectivity index (χ1n) is 6.05. The van der Waals surface area contributed by atoms with Crippen LogP contribution in [0.5, 0.6) is 0 Å². The third-order valence-electron chi connectivity index (χ3n) is 2.74. The van der Waals surface area contributed by atoms with Gasteiger partial charge in [0.2, 0.25) is 0 Å². The van der Waals surface area contributed by atoms with Gasteiger partial charge in [0.15, 0.2) is 0 Å². The smallest absolute Gasteiger partial charge is 0.134 e. The number of thiophene rings is 1. The molecule has 0 spiro atoms. The molecule has 0 saturated carbocycles. The lowest BCUT2D eigenvalue weighted by Gasteiger charge is -2.14. The van der Waals surface area contributed by atoms with Crippen molar-refractivity contribution in [3.8, 4) is 0 Å².